The summed E-state index contributed by atoms with van der Waals surface area (Å²) in [5.41, 5.74) is 9.46. The summed E-state index contributed by atoms with van der Waals surface area (Å²) in [4.78, 5) is 0. The Morgan fingerprint density at radius 3 is 0.963 bits per heavy atom. The quantitative estimate of drug-likeness (QED) is 0.382. The van der Waals surface area contributed by atoms with Gasteiger partial charge < -0.3 is 50.1 Å². The molecule has 0 saturated carbocycles. The van der Waals surface area contributed by atoms with Gasteiger partial charge in [0, 0.05) is 17.1 Å². The molecule has 0 saturated heterocycles. The number of H-pyrrole nitrogens is 3. The van der Waals surface area contributed by atoms with E-state index in [1.54, 1.807) is 0 Å². The van der Waals surface area contributed by atoms with Crippen molar-refractivity contribution < 1.29 is 21.7 Å². The zero-order valence-electron chi connectivity index (χ0n) is 16.0. The summed E-state index contributed by atoms with van der Waals surface area (Å²) in [5.74, 6) is 1.14. The molecule has 0 aromatic carbocycles. The van der Waals surface area contributed by atoms with Crippen LogP contribution in [0, 0.1) is 51.8 Å². The third-order valence-corrected chi connectivity index (χ3v) is 4.13. The smallest absolute Gasteiger partial charge is 0.312 e. The van der Waals surface area contributed by atoms with E-state index in [-0.39, 0.29) is 26.0 Å². The van der Waals surface area contributed by atoms with Gasteiger partial charge in [-0.2, -0.15) is 0 Å². The summed E-state index contributed by atoms with van der Waals surface area (Å²) < 4.78 is -0.167. The topological polar surface area (TPSA) is 86.0 Å². The number of nitrogens with zero attached hydrogens (tertiary/aromatic N) is 3. The van der Waals surface area contributed by atoms with E-state index in [4.69, 9.17) is 34.8 Å². The Morgan fingerprint density at radius 2 is 0.815 bits per heavy atom. The van der Waals surface area contributed by atoms with Crippen molar-refractivity contribution in [1.29, 1.82) is 0 Å². The third-order valence-electron chi connectivity index (χ3n) is 4.13. The van der Waals surface area contributed by atoms with Crippen LogP contribution in [0.4, 0.5) is 0 Å². The zero-order chi connectivity index (χ0) is 19.6. The summed E-state index contributed by atoms with van der Waals surface area (Å²) in [6, 6.07) is 0. The second-order valence-corrected chi connectivity index (χ2v) is 7.73. The van der Waals surface area contributed by atoms with Crippen molar-refractivity contribution in [3.63, 3.8) is 0 Å². The van der Waals surface area contributed by atoms with E-state index in [0.29, 0.717) is 0 Å². The summed E-state index contributed by atoms with van der Waals surface area (Å²) in [6.45, 7) is 12.2. The predicted molar refractivity (Wildman–Crippen MR) is 106 cm³/mol. The molecule has 0 atom stereocenters. The van der Waals surface area contributed by atoms with Gasteiger partial charge in [0.25, 0.3) is 0 Å². The molecule has 27 heavy (non-hydrogen) atoms. The van der Waals surface area contributed by atoms with Crippen molar-refractivity contribution in [2.75, 3.05) is 0 Å². The van der Waals surface area contributed by atoms with Crippen LogP contribution in [0.1, 0.15) is 50.9 Å². The van der Waals surface area contributed by atoms with Gasteiger partial charge in [0.1, 0.15) is 0 Å². The molecular formula is C17H21Cl3N6Ti. The molecule has 3 aromatic heterocycles. The first-order valence-electron chi connectivity index (χ1n) is 7.91. The van der Waals surface area contributed by atoms with Gasteiger partial charge in [-0.3, -0.25) is 0 Å². The van der Waals surface area contributed by atoms with E-state index in [9.17, 15) is 0 Å². The van der Waals surface area contributed by atoms with Crippen LogP contribution in [-0.2, 0) is 21.7 Å². The Labute approximate surface area is 189 Å². The van der Waals surface area contributed by atoms with E-state index in [0.717, 1.165) is 56.8 Å². The molecule has 0 aliphatic heterocycles. The Balaban J connectivity index is 0.000000666. The third kappa shape index (κ3) is 5.33. The first-order valence-corrected chi connectivity index (χ1v) is 9.04. The molecule has 0 aliphatic carbocycles. The number of aryl methyl sites for hydroxylation is 6. The maximum atomic E-state index is 4.72. The van der Waals surface area contributed by atoms with Gasteiger partial charge in [-0.25, -0.2) is 15.3 Å². The van der Waals surface area contributed by atoms with Gasteiger partial charge in [-0.1, -0.05) is 10.2 Å². The molecule has 3 aromatic rings. The van der Waals surface area contributed by atoms with E-state index in [2.05, 4.69) is 30.6 Å². The van der Waals surface area contributed by atoms with Crippen LogP contribution < -0.4 is 0 Å². The number of nitrogens with one attached hydrogen (secondary N) is 3. The summed E-state index contributed by atoms with van der Waals surface area (Å²) >= 11 is 14.2. The Kier molecular flexibility index (Phi) is 8.96. The second kappa shape index (κ2) is 10.0. The Hall–Kier alpha value is -0.916. The molecule has 144 valence electrons. The molecule has 10 heteroatoms. The van der Waals surface area contributed by atoms with E-state index in [1.807, 2.05) is 41.5 Å². The van der Waals surface area contributed by atoms with E-state index in [1.165, 1.54) is 0 Å². The van der Waals surface area contributed by atoms with Crippen LogP contribution in [0.5, 0.6) is 0 Å². The van der Waals surface area contributed by atoms with Crippen LogP contribution >= 0.6 is 34.8 Å². The van der Waals surface area contributed by atoms with Crippen LogP contribution in [0.15, 0.2) is 0 Å². The molecule has 6 nitrogen and oxygen atoms in total. The summed E-state index contributed by atoms with van der Waals surface area (Å²) in [7, 11) is 0. The van der Waals surface area contributed by atoms with Gasteiger partial charge in [-0.15, -0.1) is 0 Å². The Bertz CT molecular complexity index is 712. The minimum atomic E-state index is -0.167. The molecule has 0 fully saturated rings. The minimum absolute atomic E-state index is 0. The normalized spacial score (nSPS) is 10.4. The van der Waals surface area contributed by atoms with Crippen molar-refractivity contribution >= 4 is 34.8 Å². The maximum Gasteiger partial charge on any atom is 2.00 e. The Morgan fingerprint density at radius 1 is 0.593 bits per heavy atom. The maximum absolute atomic E-state index is 4.72. The molecule has 0 radical (unpaired) electrons. The first-order chi connectivity index (χ1) is 12.1. The molecule has 0 amide bonds. The fraction of sp³-hybridized carbons (Fsp3) is 0.353. The minimum Gasteiger partial charge on any atom is -0.312 e. The number of aromatic nitrogens is 6. The number of rotatable bonds is 3. The van der Waals surface area contributed by atoms with Gasteiger partial charge in [0.15, 0.2) is 0 Å². The van der Waals surface area contributed by atoms with Gasteiger partial charge >= 0.3 is 21.7 Å². The molecule has 3 rings (SSSR count). The molecule has 0 spiro atoms. The monoisotopic (exact) mass is 462 g/mol. The van der Waals surface area contributed by atoms with Crippen molar-refractivity contribution in [2.45, 2.75) is 41.5 Å². The van der Waals surface area contributed by atoms with Gasteiger partial charge in [-0.05, 0) is 75.3 Å². The van der Waals surface area contributed by atoms with Crippen LogP contribution in [-0.4, -0.2) is 30.6 Å². The fourth-order valence-corrected chi connectivity index (χ4v) is 3.13. The summed E-state index contributed by atoms with van der Waals surface area (Å²) in [5, 5.41) is 22.4. The van der Waals surface area contributed by atoms with Gasteiger partial charge in [0.2, 0.25) is 0 Å². The molecule has 3 heterocycles. The zero-order valence-corrected chi connectivity index (χ0v) is 19.8. The fourth-order valence-electron chi connectivity index (χ4n) is 3.13. The molecule has 0 unspecified atom stereocenters. The number of hydrogen-bond donors (Lipinski definition) is 3. The van der Waals surface area contributed by atoms with E-state index >= 15 is 0 Å². The second-order valence-electron chi connectivity index (χ2n) is 6.02. The first kappa shape index (κ1) is 24.1. The average molecular weight is 464 g/mol. The van der Waals surface area contributed by atoms with Crippen molar-refractivity contribution in [3.05, 3.63) is 61.1 Å². The number of halogens is 3. The van der Waals surface area contributed by atoms with E-state index < -0.39 is 0 Å². The van der Waals surface area contributed by atoms with Crippen molar-refractivity contribution in [2.24, 2.45) is 0 Å². The largest absolute Gasteiger partial charge is 2.00 e. The SMILES string of the molecule is Cc1n[nH]c(C)c1[C-](c1c(C)n[nH]c1C)c1c(C)n[nH]c1C.Cl[C-](Cl)Cl.[Ti+2]. The molecule has 3 N–H and O–H groups in total. The van der Waals surface area contributed by atoms with Crippen molar-refractivity contribution in [3.8, 4) is 0 Å². The molecular weight excluding hydrogens is 442 g/mol. The summed E-state index contributed by atoms with van der Waals surface area (Å²) in [6.07, 6.45) is 0. The van der Waals surface area contributed by atoms with Gasteiger partial charge in [0.05, 0.1) is 0 Å². The molecule has 0 bridgehead atoms. The van der Waals surface area contributed by atoms with Crippen molar-refractivity contribution in [1.82, 2.24) is 30.6 Å². The predicted octanol–water partition coefficient (Wildman–Crippen LogP) is 4.87. The number of hydrogen-bond acceptors (Lipinski definition) is 3. The number of aromatic amines is 3. The standard InChI is InChI=1S/C16H21N6.CCl3.Ti/c1-7-13(8(2)18-17-7)16(14-9(3)19-20-10(14)4)15-11(5)21-22-12(15)6;2-1(3)4;/h1-6H3,(H,17,18)(H,19,20)(H,21,22);;/q2*-1;+2. The van der Waals surface area contributed by atoms with Crippen LogP contribution in [0.2, 0.25) is 0 Å². The van der Waals surface area contributed by atoms with Crippen LogP contribution in [0.3, 0.4) is 0 Å². The average Bonchev–Trinajstić information content (AvgIpc) is 3.16. The molecule has 0 aliphatic rings. The van der Waals surface area contributed by atoms with Crippen LogP contribution in [0.25, 0.3) is 0 Å².